The molecule has 0 saturated carbocycles. The summed E-state index contributed by atoms with van der Waals surface area (Å²) in [6, 6.07) is 13.6. The fraction of sp³-hybridized carbons (Fsp3) is 0.222. The Hall–Kier alpha value is -1.66. The summed E-state index contributed by atoms with van der Waals surface area (Å²) < 4.78 is 7.17. The first-order valence-electron chi connectivity index (χ1n) is 7.50. The van der Waals surface area contributed by atoms with E-state index in [4.69, 9.17) is 4.74 Å². The van der Waals surface area contributed by atoms with Crippen LogP contribution in [0.15, 0.2) is 56.5 Å². The maximum atomic E-state index is 12.0. The van der Waals surface area contributed by atoms with Crippen LogP contribution in [-0.2, 0) is 4.79 Å². The third-order valence-electron chi connectivity index (χ3n) is 3.25. The Morgan fingerprint density at radius 1 is 1.17 bits per heavy atom. The molecule has 0 radical (unpaired) electrons. The quantitative estimate of drug-likeness (QED) is 0.503. The fourth-order valence-electron chi connectivity index (χ4n) is 2.10. The largest absolute Gasteiger partial charge is 0.481 e. The Morgan fingerprint density at radius 3 is 2.38 bits per heavy atom. The van der Waals surface area contributed by atoms with Gasteiger partial charge in [-0.1, -0.05) is 37.3 Å². The van der Waals surface area contributed by atoms with Crippen LogP contribution < -0.4 is 10.2 Å². The van der Waals surface area contributed by atoms with Crippen molar-refractivity contribution >= 4 is 43.5 Å². The molecule has 0 atom stereocenters. The molecule has 0 unspecified atom stereocenters. The van der Waals surface area contributed by atoms with Crippen LogP contribution in [0, 0.1) is 6.92 Å². The summed E-state index contributed by atoms with van der Waals surface area (Å²) in [7, 11) is 0. The van der Waals surface area contributed by atoms with Crippen molar-refractivity contribution in [2.75, 3.05) is 6.61 Å². The van der Waals surface area contributed by atoms with E-state index < -0.39 is 0 Å². The summed E-state index contributed by atoms with van der Waals surface area (Å²) in [6.45, 7) is 3.86. The molecule has 0 heterocycles. The Morgan fingerprint density at radius 2 is 1.79 bits per heavy atom. The van der Waals surface area contributed by atoms with Crippen molar-refractivity contribution in [1.82, 2.24) is 5.43 Å². The van der Waals surface area contributed by atoms with E-state index in [2.05, 4.69) is 42.4 Å². The SMILES string of the molecule is CC/C(=N\NC(=O)COc1c(Br)cc(C)cc1Br)c1ccccc1. The number of nitrogens with one attached hydrogen (secondary N) is 1. The third-order valence-corrected chi connectivity index (χ3v) is 4.43. The standard InChI is InChI=1S/C18H18Br2N2O2/c1-3-16(13-7-5-4-6-8-13)21-22-17(23)11-24-18-14(19)9-12(2)10-15(18)20/h4-10H,3,11H2,1-2H3,(H,22,23)/b21-16+. The highest BCUT2D eigenvalue weighted by molar-refractivity contribution is 9.11. The number of carbonyl (C=O) groups excluding carboxylic acids is 1. The number of hydrogen-bond donors (Lipinski definition) is 1. The number of benzene rings is 2. The van der Waals surface area contributed by atoms with Crippen molar-refractivity contribution in [3.63, 3.8) is 0 Å². The predicted octanol–water partition coefficient (Wildman–Crippen LogP) is 4.83. The van der Waals surface area contributed by atoms with Crippen molar-refractivity contribution in [2.45, 2.75) is 20.3 Å². The predicted molar refractivity (Wildman–Crippen MR) is 103 cm³/mol. The van der Waals surface area contributed by atoms with E-state index >= 15 is 0 Å². The Bertz CT molecular complexity index is 723. The number of amides is 1. The maximum Gasteiger partial charge on any atom is 0.277 e. The lowest BCUT2D eigenvalue weighted by Crippen LogP contribution is -2.26. The molecule has 1 N–H and O–H groups in total. The van der Waals surface area contributed by atoms with E-state index in [-0.39, 0.29) is 12.5 Å². The maximum absolute atomic E-state index is 12.0. The van der Waals surface area contributed by atoms with Crippen LogP contribution in [-0.4, -0.2) is 18.2 Å². The lowest BCUT2D eigenvalue weighted by molar-refractivity contribution is -0.123. The molecule has 0 saturated heterocycles. The zero-order valence-electron chi connectivity index (χ0n) is 13.5. The molecule has 4 nitrogen and oxygen atoms in total. The van der Waals surface area contributed by atoms with Crippen LogP contribution in [0.2, 0.25) is 0 Å². The number of rotatable bonds is 6. The summed E-state index contributed by atoms with van der Waals surface area (Å²) in [4.78, 5) is 12.0. The normalized spacial score (nSPS) is 11.2. The zero-order chi connectivity index (χ0) is 17.5. The topological polar surface area (TPSA) is 50.7 Å². The van der Waals surface area contributed by atoms with Gasteiger partial charge in [0.1, 0.15) is 5.75 Å². The average molecular weight is 454 g/mol. The summed E-state index contributed by atoms with van der Waals surface area (Å²) >= 11 is 6.88. The van der Waals surface area contributed by atoms with Gasteiger partial charge in [0.05, 0.1) is 14.7 Å². The highest BCUT2D eigenvalue weighted by Gasteiger charge is 2.10. The average Bonchev–Trinajstić information content (AvgIpc) is 2.55. The summed E-state index contributed by atoms with van der Waals surface area (Å²) in [5.74, 6) is 0.287. The summed E-state index contributed by atoms with van der Waals surface area (Å²) in [5.41, 5.74) is 5.45. The second-order valence-corrected chi connectivity index (χ2v) is 6.87. The van der Waals surface area contributed by atoms with Crippen LogP contribution in [0.3, 0.4) is 0 Å². The number of halogens is 2. The van der Waals surface area contributed by atoms with E-state index in [0.29, 0.717) is 5.75 Å². The van der Waals surface area contributed by atoms with Crippen LogP contribution >= 0.6 is 31.9 Å². The van der Waals surface area contributed by atoms with E-state index in [1.165, 1.54) is 0 Å². The van der Waals surface area contributed by atoms with Crippen molar-refractivity contribution in [3.8, 4) is 5.75 Å². The van der Waals surface area contributed by atoms with Crippen LogP contribution in [0.5, 0.6) is 5.75 Å². The van der Waals surface area contributed by atoms with Crippen LogP contribution in [0.1, 0.15) is 24.5 Å². The highest BCUT2D eigenvalue weighted by Crippen LogP contribution is 2.34. The Labute approximate surface area is 158 Å². The number of hydrazone groups is 1. The molecule has 0 aliphatic rings. The number of carbonyl (C=O) groups is 1. The van der Waals surface area contributed by atoms with Gasteiger partial charge < -0.3 is 4.74 Å². The molecule has 0 aliphatic carbocycles. The molecule has 0 aromatic heterocycles. The molecular weight excluding hydrogens is 436 g/mol. The van der Waals surface area contributed by atoms with Gasteiger partial charge in [0.2, 0.25) is 0 Å². The Kier molecular flexibility index (Phi) is 6.99. The van der Waals surface area contributed by atoms with Crippen molar-refractivity contribution in [3.05, 3.63) is 62.5 Å². The van der Waals surface area contributed by atoms with Gasteiger partial charge in [0, 0.05) is 0 Å². The molecule has 2 rings (SSSR count). The molecule has 2 aromatic rings. The number of nitrogens with zero attached hydrogens (tertiary/aromatic N) is 1. The van der Waals surface area contributed by atoms with E-state index in [1.807, 2.05) is 56.3 Å². The van der Waals surface area contributed by atoms with Gasteiger partial charge in [-0.25, -0.2) is 5.43 Å². The highest BCUT2D eigenvalue weighted by atomic mass is 79.9. The first-order valence-corrected chi connectivity index (χ1v) is 9.09. The summed E-state index contributed by atoms with van der Waals surface area (Å²) in [6.07, 6.45) is 0.722. The summed E-state index contributed by atoms with van der Waals surface area (Å²) in [5, 5.41) is 4.20. The minimum absolute atomic E-state index is 0.116. The molecule has 0 bridgehead atoms. The molecule has 0 spiro atoms. The monoisotopic (exact) mass is 452 g/mol. The molecule has 0 aliphatic heterocycles. The van der Waals surface area contributed by atoms with Gasteiger partial charge in [0.25, 0.3) is 5.91 Å². The second kappa shape index (κ2) is 8.99. The molecule has 2 aromatic carbocycles. The third kappa shape index (κ3) is 5.18. The number of ether oxygens (including phenoxy) is 1. The minimum Gasteiger partial charge on any atom is -0.481 e. The van der Waals surface area contributed by atoms with Crippen LogP contribution in [0.25, 0.3) is 0 Å². The number of aryl methyl sites for hydroxylation is 1. The lowest BCUT2D eigenvalue weighted by Gasteiger charge is -2.11. The lowest BCUT2D eigenvalue weighted by atomic mass is 10.1. The molecule has 6 heteroatoms. The van der Waals surface area contributed by atoms with Crippen molar-refractivity contribution < 1.29 is 9.53 Å². The molecule has 126 valence electrons. The van der Waals surface area contributed by atoms with Gasteiger partial charge in [-0.15, -0.1) is 0 Å². The van der Waals surface area contributed by atoms with E-state index in [1.54, 1.807) is 0 Å². The first kappa shape index (κ1) is 18.7. The zero-order valence-corrected chi connectivity index (χ0v) is 16.6. The molecular formula is C18H18Br2N2O2. The Balaban J connectivity index is 1.97. The van der Waals surface area contributed by atoms with Gasteiger partial charge in [-0.2, -0.15) is 5.10 Å². The van der Waals surface area contributed by atoms with Crippen molar-refractivity contribution in [2.24, 2.45) is 5.10 Å². The fourth-order valence-corrected chi connectivity index (χ4v) is 3.75. The molecule has 24 heavy (non-hydrogen) atoms. The molecule has 0 fully saturated rings. The van der Waals surface area contributed by atoms with Gasteiger partial charge in [-0.3, -0.25) is 4.79 Å². The van der Waals surface area contributed by atoms with Gasteiger partial charge in [0.15, 0.2) is 6.61 Å². The number of hydrogen-bond acceptors (Lipinski definition) is 3. The second-order valence-electron chi connectivity index (χ2n) is 5.16. The first-order chi connectivity index (χ1) is 11.5. The van der Waals surface area contributed by atoms with Crippen LogP contribution in [0.4, 0.5) is 0 Å². The van der Waals surface area contributed by atoms with Gasteiger partial charge in [-0.05, 0) is 68.5 Å². The van der Waals surface area contributed by atoms with E-state index in [9.17, 15) is 4.79 Å². The van der Waals surface area contributed by atoms with E-state index in [0.717, 1.165) is 32.2 Å². The smallest absolute Gasteiger partial charge is 0.277 e. The molecule has 1 amide bonds. The van der Waals surface area contributed by atoms with Gasteiger partial charge >= 0.3 is 0 Å². The minimum atomic E-state index is -0.309. The van der Waals surface area contributed by atoms with Crippen molar-refractivity contribution in [1.29, 1.82) is 0 Å².